The second kappa shape index (κ2) is 6.82. The van der Waals surface area contributed by atoms with E-state index >= 15 is 0 Å². The van der Waals surface area contributed by atoms with Crippen LogP contribution in [0.1, 0.15) is 36.0 Å². The summed E-state index contributed by atoms with van der Waals surface area (Å²) in [5.74, 6) is 0.547. The fraction of sp³-hybridized carbons (Fsp3) is 0.909. The van der Waals surface area contributed by atoms with Crippen LogP contribution < -0.4 is 5.32 Å². The highest BCUT2D eigenvalue weighted by Crippen LogP contribution is 2.04. The Bertz CT molecular complexity index is 172. The first-order valence-corrected chi connectivity index (χ1v) is 5.37. The van der Waals surface area contributed by atoms with Crippen LogP contribution in [0.2, 0.25) is 0 Å². The van der Waals surface area contributed by atoms with E-state index in [2.05, 4.69) is 19.2 Å². The largest absolute Gasteiger partial charge is 0.380 e. The minimum atomic E-state index is 0. The molecule has 3 heteroatoms. The third-order valence-corrected chi connectivity index (χ3v) is 2.16. The topological polar surface area (TPSA) is 38.3 Å². The second-order valence-corrected chi connectivity index (χ2v) is 4.17. The van der Waals surface area contributed by atoms with E-state index in [1.807, 2.05) is 20.8 Å². The van der Waals surface area contributed by atoms with E-state index in [4.69, 9.17) is 4.74 Å². The molecule has 0 heterocycles. The van der Waals surface area contributed by atoms with Crippen LogP contribution in [0.25, 0.3) is 0 Å². The molecule has 0 fully saturated rings. The van der Waals surface area contributed by atoms with E-state index in [1.165, 1.54) is 0 Å². The summed E-state index contributed by atoms with van der Waals surface area (Å²) in [6.07, 6.45) is 0. The Morgan fingerprint density at radius 3 is 2.29 bits per heavy atom. The van der Waals surface area contributed by atoms with Crippen LogP contribution in [0.5, 0.6) is 0 Å². The lowest BCUT2D eigenvalue weighted by Gasteiger charge is -2.23. The summed E-state index contributed by atoms with van der Waals surface area (Å²) in [6, 6.07) is 0.129. The first-order valence-electron chi connectivity index (χ1n) is 5.37. The number of hydrogen-bond acceptors (Lipinski definition) is 2. The highest BCUT2D eigenvalue weighted by Gasteiger charge is 2.17. The van der Waals surface area contributed by atoms with Gasteiger partial charge in [0.25, 0.3) is 0 Å². The summed E-state index contributed by atoms with van der Waals surface area (Å²) in [6.45, 7) is 11.2. The molecule has 1 N–H and O–H groups in total. The summed E-state index contributed by atoms with van der Waals surface area (Å²) < 4.78 is 5.32. The first kappa shape index (κ1) is 13.4. The van der Waals surface area contributed by atoms with Crippen molar-refractivity contribution in [3.8, 4) is 0 Å². The lowest BCUT2D eigenvalue weighted by Crippen LogP contribution is -2.43. The highest BCUT2D eigenvalue weighted by molar-refractivity contribution is 5.78. The van der Waals surface area contributed by atoms with E-state index in [-0.39, 0.29) is 19.3 Å². The van der Waals surface area contributed by atoms with Gasteiger partial charge in [0.15, 0.2) is 0 Å². The van der Waals surface area contributed by atoms with E-state index in [1.54, 1.807) is 0 Å². The molecule has 1 atom stereocenters. The Labute approximate surface area is 88.7 Å². The van der Waals surface area contributed by atoms with Gasteiger partial charge in [0.2, 0.25) is 5.91 Å². The van der Waals surface area contributed by atoms with Crippen LogP contribution in [-0.2, 0) is 9.53 Å². The quantitative estimate of drug-likeness (QED) is 0.717. The van der Waals surface area contributed by atoms with Gasteiger partial charge in [-0.25, -0.2) is 0 Å². The molecule has 0 aromatic rings. The molecule has 0 saturated heterocycles. The Hall–Kier alpha value is -0.570. The molecule has 0 saturated carbocycles. The molecule has 0 bridgehead atoms. The average molecular weight is 203 g/mol. The van der Waals surface area contributed by atoms with Gasteiger partial charge in [-0.2, -0.15) is 0 Å². The van der Waals surface area contributed by atoms with Crippen molar-refractivity contribution in [1.82, 2.24) is 5.32 Å². The van der Waals surface area contributed by atoms with Crippen molar-refractivity contribution >= 4 is 5.91 Å². The molecule has 0 aliphatic heterocycles. The monoisotopic (exact) mass is 203 g/mol. The van der Waals surface area contributed by atoms with Crippen LogP contribution in [0.15, 0.2) is 0 Å². The lowest BCUT2D eigenvalue weighted by molar-refractivity contribution is -0.125. The first-order chi connectivity index (χ1) is 6.49. The van der Waals surface area contributed by atoms with E-state index in [0.717, 1.165) is 0 Å². The molecule has 0 rings (SSSR count). The van der Waals surface area contributed by atoms with Crippen molar-refractivity contribution in [3.05, 3.63) is 0 Å². The molecule has 14 heavy (non-hydrogen) atoms. The smallest absolute Gasteiger partial charge is 0.222 e. The number of rotatable bonds is 6. The normalized spacial score (nSPS) is 13.4. The van der Waals surface area contributed by atoms with Crippen molar-refractivity contribution in [1.29, 1.82) is 0 Å². The number of carbonyl (C=O) groups is 1. The predicted octanol–water partition coefficient (Wildman–Crippen LogP) is 2.07. The van der Waals surface area contributed by atoms with Crippen molar-refractivity contribution in [2.24, 2.45) is 11.8 Å². The van der Waals surface area contributed by atoms with Gasteiger partial charge in [-0.3, -0.25) is 4.79 Å². The zero-order valence-electron chi connectivity index (χ0n) is 9.96. The van der Waals surface area contributed by atoms with E-state index in [9.17, 15) is 4.79 Å². The number of carbonyl (C=O) groups excluding carboxylic acids is 1. The summed E-state index contributed by atoms with van der Waals surface area (Å²) >= 11 is 0. The summed E-state index contributed by atoms with van der Waals surface area (Å²) in [4.78, 5) is 11.5. The standard InChI is InChI=1S/C11H23NO2.H2/c1-6-14-7-10(8(2)3)12-11(13)9(4)5;/h8-10H,6-7H2,1-5H3,(H,12,13);1H/t10-;/m0./s1. The maximum atomic E-state index is 11.5. The average Bonchev–Trinajstić information content (AvgIpc) is 2.10. The van der Waals surface area contributed by atoms with Gasteiger partial charge in [-0.15, -0.1) is 0 Å². The number of hydrogen-bond donors (Lipinski definition) is 1. The zero-order chi connectivity index (χ0) is 11.1. The van der Waals surface area contributed by atoms with Crippen molar-refractivity contribution < 1.29 is 11.0 Å². The van der Waals surface area contributed by atoms with Gasteiger partial charge < -0.3 is 10.1 Å². The van der Waals surface area contributed by atoms with Crippen LogP contribution in [0.3, 0.4) is 0 Å². The molecule has 0 spiro atoms. The van der Waals surface area contributed by atoms with Crippen molar-refractivity contribution in [2.45, 2.75) is 40.7 Å². The SMILES string of the molecule is CCOC[C@H](NC(=O)C(C)C)C(C)C.[HH]. The maximum absolute atomic E-state index is 11.5. The fourth-order valence-electron chi connectivity index (χ4n) is 0.995. The van der Waals surface area contributed by atoms with Gasteiger partial charge in [0.1, 0.15) is 0 Å². The van der Waals surface area contributed by atoms with Crippen molar-refractivity contribution in [2.75, 3.05) is 13.2 Å². The van der Waals surface area contributed by atoms with Gasteiger partial charge in [-0.1, -0.05) is 27.7 Å². The number of nitrogens with one attached hydrogen (secondary N) is 1. The molecule has 0 unspecified atom stereocenters. The lowest BCUT2D eigenvalue weighted by atomic mass is 10.0. The summed E-state index contributed by atoms with van der Waals surface area (Å²) in [7, 11) is 0. The molecule has 0 aromatic carbocycles. The Morgan fingerprint density at radius 1 is 1.36 bits per heavy atom. The van der Waals surface area contributed by atoms with Gasteiger partial charge in [-0.05, 0) is 12.8 Å². The van der Waals surface area contributed by atoms with E-state index < -0.39 is 0 Å². The molecule has 3 nitrogen and oxygen atoms in total. The predicted molar refractivity (Wildman–Crippen MR) is 60.2 cm³/mol. The molecule has 0 radical (unpaired) electrons. The molecular formula is C11H25NO2. The molecule has 1 amide bonds. The Morgan fingerprint density at radius 2 is 1.93 bits per heavy atom. The third kappa shape index (κ3) is 5.22. The minimum Gasteiger partial charge on any atom is -0.380 e. The van der Waals surface area contributed by atoms with Crippen LogP contribution in [0.4, 0.5) is 0 Å². The molecule has 86 valence electrons. The molecule has 0 aliphatic rings. The molecular weight excluding hydrogens is 178 g/mol. The number of amides is 1. The zero-order valence-corrected chi connectivity index (χ0v) is 9.96. The van der Waals surface area contributed by atoms with Gasteiger partial charge in [0.05, 0.1) is 12.6 Å². The van der Waals surface area contributed by atoms with Crippen LogP contribution in [-0.4, -0.2) is 25.2 Å². The molecule has 0 aliphatic carbocycles. The Kier molecular flexibility index (Phi) is 6.54. The maximum Gasteiger partial charge on any atom is 0.222 e. The van der Waals surface area contributed by atoms with Gasteiger partial charge >= 0.3 is 0 Å². The fourth-order valence-corrected chi connectivity index (χ4v) is 0.995. The minimum absolute atomic E-state index is 0. The Balaban J connectivity index is 0. The summed E-state index contributed by atoms with van der Waals surface area (Å²) in [5.41, 5.74) is 0. The molecule has 0 aromatic heterocycles. The van der Waals surface area contributed by atoms with Crippen LogP contribution in [0, 0.1) is 11.8 Å². The third-order valence-electron chi connectivity index (χ3n) is 2.16. The second-order valence-electron chi connectivity index (χ2n) is 4.17. The van der Waals surface area contributed by atoms with Crippen molar-refractivity contribution in [3.63, 3.8) is 0 Å². The van der Waals surface area contributed by atoms with E-state index in [0.29, 0.717) is 19.1 Å². The number of ether oxygens (including phenoxy) is 1. The van der Waals surface area contributed by atoms with Crippen LogP contribution >= 0.6 is 0 Å². The van der Waals surface area contributed by atoms with Gasteiger partial charge in [0, 0.05) is 14.0 Å². The highest BCUT2D eigenvalue weighted by atomic mass is 16.5. The summed E-state index contributed by atoms with van der Waals surface area (Å²) in [5, 5.41) is 2.99.